The molecule has 0 fully saturated rings. The Kier molecular flexibility index (Phi) is 5.67. The van der Waals surface area contributed by atoms with Crippen LogP contribution in [0.2, 0.25) is 0 Å². The molecule has 0 aliphatic carbocycles. The summed E-state index contributed by atoms with van der Waals surface area (Å²) in [6, 6.07) is 0. The van der Waals surface area contributed by atoms with Gasteiger partial charge in [-0.15, -0.1) is 0 Å². The van der Waals surface area contributed by atoms with Crippen LogP contribution in [0.1, 0.15) is 32.3 Å². The van der Waals surface area contributed by atoms with Crippen molar-refractivity contribution < 1.29 is 26.3 Å². The number of sulfone groups is 1. The van der Waals surface area contributed by atoms with E-state index in [0.717, 1.165) is 19.8 Å². The predicted molar refractivity (Wildman–Crippen MR) is 73.7 cm³/mol. The van der Waals surface area contributed by atoms with Gasteiger partial charge in [-0.25, -0.2) is 17.2 Å². The molecule has 0 aliphatic rings. The van der Waals surface area contributed by atoms with Crippen LogP contribution in [-0.4, -0.2) is 21.3 Å². The maximum Gasteiger partial charge on any atom is 0.202 e. The fourth-order valence-electron chi connectivity index (χ4n) is 1.95. The number of hydrogen-bond donors (Lipinski definition) is 0. The van der Waals surface area contributed by atoms with Gasteiger partial charge < -0.3 is 4.74 Å². The summed E-state index contributed by atoms with van der Waals surface area (Å²) < 4.78 is 69.7. The number of benzene rings is 1. The lowest BCUT2D eigenvalue weighted by atomic mass is 10.1. The van der Waals surface area contributed by atoms with E-state index in [1.807, 2.05) is 13.8 Å². The highest BCUT2D eigenvalue weighted by atomic mass is 32.2. The lowest BCUT2D eigenvalue weighted by molar-refractivity contribution is 0.224. The van der Waals surface area contributed by atoms with Crippen LogP contribution >= 0.6 is 0 Å². The maximum atomic E-state index is 14.0. The first-order chi connectivity index (χ1) is 9.65. The fraction of sp³-hybridized carbons (Fsp3) is 0.571. The van der Waals surface area contributed by atoms with Crippen molar-refractivity contribution in [2.24, 2.45) is 5.92 Å². The minimum Gasteiger partial charge on any atom is -0.490 e. The van der Waals surface area contributed by atoms with Crippen molar-refractivity contribution in [1.82, 2.24) is 0 Å². The summed E-state index contributed by atoms with van der Waals surface area (Å²) in [7, 11) is -4.21. The molecule has 0 bridgehead atoms. The molecule has 120 valence electrons. The molecular weight excluding hydrogens is 305 g/mol. The molecule has 3 nitrogen and oxygen atoms in total. The maximum absolute atomic E-state index is 14.0. The second kappa shape index (κ2) is 6.68. The van der Waals surface area contributed by atoms with Crippen molar-refractivity contribution in [3.05, 3.63) is 23.0 Å². The zero-order valence-corrected chi connectivity index (χ0v) is 13.3. The first-order valence-electron chi connectivity index (χ1n) is 6.64. The van der Waals surface area contributed by atoms with Crippen molar-refractivity contribution in [1.29, 1.82) is 0 Å². The van der Waals surface area contributed by atoms with E-state index in [4.69, 9.17) is 4.74 Å². The molecule has 21 heavy (non-hydrogen) atoms. The van der Waals surface area contributed by atoms with Gasteiger partial charge in [0.1, 0.15) is 4.90 Å². The molecule has 0 aliphatic heterocycles. The summed E-state index contributed by atoms with van der Waals surface area (Å²) >= 11 is 0. The highest BCUT2D eigenvalue weighted by Crippen LogP contribution is 2.33. The molecule has 0 atom stereocenters. The second-order valence-corrected chi connectivity index (χ2v) is 6.94. The fourth-order valence-corrected chi connectivity index (χ4v) is 2.85. The van der Waals surface area contributed by atoms with Gasteiger partial charge in [-0.1, -0.05) is 26.7 Å². The summed E-state index contributed by atoms with van der Waals surface area (Å²) in [5.74, 6) is -4.95. The van der Waals surface area contributed by atoms with E-state index < -0.39 is 37.9 Å². The molecule has 0 saturated heterocycles. The van der Waals surface area contributed by atoms with E-state index >= 15 is 0 Å². The van der Waals surface area contributed by atoms with Crippen molar-refractivity contribution >= 4 is 9.84 Å². The summed E-state index contributed by atoms with van der Waals surface area (Å²) in [6.45, 7) is 5.12. The molecule has 0 amide bonds. The standard InChI is InChI=1S/C14H19F3O3S/c1-5-9(6-2)7-20-13-8(3)10(15)14(21(4,18)19)12(17)11(13)16/h9H,5-7H2,1-4H3. The van der Waals surface area contributed by atoms with Crippen LogP contribution in [0.4, 0.5) is 13.2 Å². The summed E-state index contributed by atoms with van der Waals surface area (Å²) in [4.78, 5) is -1.26. The smallest absolute Gasteiger partial charge is 0.202 e. The Morgan fingerprint density at radius 3 is 2.00 bits per heavy atom. The predicted octanol–water partition coefficient (Wildman–Crippen LogP) is 3.63. The molecule has 0 unspecified atom stereocenters. The number of halogens is 3. The average Bonchev–Trinajstić information content (AvgIpc) is 2.39. The first-order valence-corrected chi connectivity index (χ1v) is 8.54. The van der Waals surface area contributed by atoms with E-state index in [1.54, 1.807) is 0 Å². The van der Waals surface area contributed by atoms with Gasteiger partial charge in [-0.2, -0.15) is 4.39 Å². The Bertz CT molecular complexity index is 594. The molecule has 0 radical (unpaired) electrons. The highest BCUT2D eigenvalue weighted by molar-refractivity contribution is 7.90. The molecule has 0 saturated carbocycles. The Morgan fingerprint density at radius 2 is 1.57 bits per heavy atom. The molecule has 0 aromatic heterocycles. The van der Waals surface area contributed by atoms with Crippen molar-refractivity contribution in [2.75, 3.05) is 12.9 Å². The third-order valence-electron chi connectivity index (χ3n) is 3.45. The SMILES string of the molecule is CCC(CC)COc1c(C)c(F)c(S(C)(=O)=O)c(F)c1F. The van der Waals surface area contributed by atoms with Gasteiger partial charge in [0.05, 0.1) is 6.61 Å². The van der Waals surface area contributed by atoms with E-state index in [0.29, 0.717) is 6.26 Å². The van der Waals surface area contributed by atoms with Crippen molar-refractivity contribution in [2.45, 2.75) is 38.5 Å². The Morgan fingerprint density at radius 1 is 1.05 bits per heavy atom. The highest BCUT2D eigenvalue weighted by Gasteiger charge is 2.29. The minimum absolute atomic E-state index is 0.113. The monoisotopic (exact) mass is 324 g/mol. The summed E-state index contributed by atoms with van der Waals surface area (Å²) in [5.41, 5.74) is -0.347. The topological polar surface area (TPSA) is 43.4 Å². The summed E-state index contributed by atoms with van der Waals surface area (Å²) in [6.07, 6.45) is 2.19. The molecule has 1 aromatic carbocycles. The van der Waals surface area contributed by atoms with Gasteiger partial charge in [0.15, 0.2) is 27.2 Å². The lowest BCUT2D eigenvalue weighted by Gasteiger charge is -2.17. The third-order valence-corrected chi connectivity index (χ3v) is 4.55. The van der Waals surface area contributed by atoms with Crippen LogP contribution in [0.3, 0.4) is 0 Å². The quantitative estimate of drug-likeness (QED) is 0.751. The van der Waals surface area contributed by atoms with Gasteiger partial charge in [-0.05, 0) is 12.8 Å². The summed E-state index contributed by atoms with van der Waals surface area (Å²) in [5, 5.41) is 0. The minimum atomic E-state index is -4.21. The van der Waals surface area contributed by atoms with Gasteiger partial charge in [0.25, 0.3) is 0 Å². The third kappa shape index (κ3) is 3.70. The van der Waals surface area contributed by atoms with Crippen LogP contribution in [0.5, 0.6) is 5.75 Å². The Labute approximate surface area is 123 Å². The van der Waals surface area contributed by atoms with Crippen LogP contribution in [0.25, 0.3) is 0 Å². The number of ether oxygens (including phenoxy) is 1. The van der Waals surface area contributed by atoms with Crippen molar-refractivity contribution in [3.8, 4) is 5.75 Å². The molecule has 1 aromatic rings. The van der Waals surface area contributed by atoms with Gasteiger partial charge in [0, 0.05) is 11.8 Å². The van der Waals surface area contributed by atoms with E-state index in [9.17, 15) is 21.6 Å². The molecule has 0 heterocycles. The first kappa shape index (κ1) is 17.8. The zero-order valence-electron chi connectivity index (χ0n) is 12.5. The van der Waals surface area contributed by atoms with E-state index in [2.05, 4.69) is 0 Å². The van der Waals surface area contributed by atoms with Gasteiger partial charge in [0.2, 0.25) is 5.82 Å². The second-order valence-electron chi connectivity index (χ2n) is 4.99. The molecular formula is C14H19F3O3S. The number of rotatable bonds is 6. The largest absolute Gasteiger partial charge is 0.490 e. The van der Waals surface area contributed by atoms with Gasteiger partial charge in [-0.3, -0.25) is 0 Å². The van der Waals surface area contributed by atoms with E-state index in [1.165, 1.54) is 0 Å². The molecule has 0 spiro atoms. The van der Waals surface area contributed by atoms with Crippen LogP contribution < -0.4 is 4.74 Å². The number of hydrogen-bond acceptors (Lipinski definition) is 3. The molecule has 0 N–H and O–H groups in total. The molecule has 7 heteroatoms. The normalized spacial score (nSPS) is 12.0. The van der Waals surface area contributed by atoms with Crippen LogP contribution in [0.15, 0.2) is 4.90 Å². The average molecular weight is 324 g/mol. The lowest BCUT2D eigenvalue weighted by Crippen LogP contribution is -2.15. The van der Waals surface area contributed by atoms with Crippen molar-refractivity contribution in [3.63, 3.8) is 0 Å². The Hall–Kier alpha value is -1.24. The zero-order chi connectivity index (χ0) is 16.4. The van der Waals surface area contributed by atoms with Gasteiger partial charge >= 0.3 is 0 Å². The van der Waals surface area contributed by atoms with Crippen LogP contribution in [-0.2, 0) is 9.84 Å². The molecule has 1 rings (SSSR count). The Balaban J connectivity index is 3.32. The van der Waals surface area contributed by atoms with Crippen LogP contribution in [0, 0.1) is 30.3 Å². The van der Waals surface area contributed by atoms with E-state index in [-0.39, 0.29) is 18.1 Å².